The largest absolute Gasteiger partial charge is 0.322 e. The van der Waals surface area contributed by atoms with Crippen molar-refractivity contribution in [3.8, 4) is 0 Å². The highest BCUT2D eigenvalue weighted by atomic mass is 16.2. The van der Waals surface area contributed by atoms with Gasteiger partial charge in [-0.2, -0.15) is 0 Å². The van der Waals surface area contributed by atoms with Crippen LogP contribution in [0.3, 0.4) is 0 Å². The summed E-state index contributed by atoms with van der Waals surface area (Å²) in [7, 11) is 0. The summed E-state index contributed by atoms with van der Waals surface area (Å²) in [5.41, 5.74) is 2.92. The molecule has 4 rings (SSSR count). The molecule has 0 aromatic heterocycles. The average molecular weight is 384 g/mol. The van der Waals surface area contributed by atoms with E-state index in [4.69, 9.17) is 0 Å². The van der Waals surface area contributed by atoms with E-state index in [1.165, 1.54) is 0 Å². The molecule has 2 fully saturated rings. The number of fused-ring (bicyclic) bond motifs is 1. The minimum atomic E-state index is -0.562. The average Bonchev–Trinajstić information content (AvgIpc) is 2.97. The Labute approximate surface area is 165 Å². The summed E-state index contributed by atoms with van der Waals surface area (Å²) in [5, 5.41) is 9.41. The van der Waals surface area contributed by atoms with Gasteiger partial charge in [-0.3, -0.25) is 19.7 Å². The van der Waals surface area contributed by atoms with Crippen LogP contribution in [0.4, 0.5) is 0 Å². The molecular formula is C21H28N4O3. The number of hydrogen-bond donors (Lipinski definition) is 3. The highest BCUT2D eigenvalue weighted by Crippen LogP contribution is 2.29. The number of benzene rings is 1. The lowest BCUT2D eigenvalue weighted by Crippen LogP contribution is -2.53. The van der Waals surface area contributed by atoms with Crippen LogP contribution in [0.25, 0.3) is 0 Å². The second-order valence-corrected chi connectivity index (χ2v) is 8.77. The van der Waals surface area contributed by atoms with Gasteiger partial charge < -0.3 is 15.5 Å². The SMILES string of the molecule is CC1(C)CCNCC1NCc1ccc2c(c1)C(=O)N(C1CCC(=O)NC1=O)C2. The van der Waals surface area contributed by atoms with Crippen LogP contribution in [0, 0.1) is 5.41 Å². The molecule has 0 radical (unpaired) electrons. The number of nitrogens with one attached hydrogen (secondary N) is 3. The van der Waals surface area contributed by atoms with Crippen LogP contribution < -0.4 is 16.0 Å². The molecule has 7 nitrogen and oxygen atoms in total. The summed E-state index contributed by atoms with van der Waals surface area (Å²) in [4.78, 5) is 38.0. The molecule has 3 aliphatic heterocycles. The van der Waals surface area contributed by atoms with E-state index in [-0.39, 0.29) is 29.6 Å². The van der Waals surface area contributed by atoms with Gasteiger partial charge in [-0.05, 0) is 42.0 Å². The second kappa shape index (κ2) is 7.29. The van der Waals surface area contributed by atoms with Crippen LogP contribution in [0.1, 0.15) is 54.6 Å². The molecule has 2 atom stereocenters. The first-order valence-corrected chi connectivity index (χ1v) is 10.1. The first-order valence-electron chi connectivity index (χ1n) is 10.1. The molecule has 3 N–H and O–H groups in total. The summed E-state index contributed by atoms with van der Waals surface area (Å²) in [6, 6.07) is 5.80. The molecule has 3 heterocycles. The van der Waals surface area contributed by atoms with Gasteiger partial charge in [0.2, 0.25) is 11.8 Å². The molecule has 150 valence electrons. The first-order chi connectivity index (χ1) is 13.3. The van der Waals surface area contributed by atoms with E-state index in [9.17, 15) is 14.4 Å². The fraction of sp³-hybridized carbons (Fsp3) is 0.571. The highest BCUT2D eigenvalue weighted by Gasteiger charge is 2.39. The maximum atomic E-state index is 12.9. The lowest BCUT2D eigenvalue weighted by Gasteiger charge is -2.39. The molecule has 3 amide bonds. The van der Waals surface area contributed by atoms with Crippen LogP contribution in [-0.4, -0.2) is 47.8 Å². The number of imide groups is 1. The number of rotatable bonds is 4. The molecule has 1 aromatic rings. The molecule has 2 unspecified atom stereocenters. The molecule has 3 aliphatic rings. The Morgan fingerprint density at radius 1 is 1.25 bits per heavy atom. The zero-order valence-corrected chi connectivity index (χ0v) is 16.5. The summed E-state index contributed by atoms with van der Waals surface area (Å²) in [5.74, 6) is -0.753. The van der Waals surface area contributed by atoms with E-state index in [1.54, 1.807) is 4.90 Å². The first kappa shape index (κ1) is 19.1. The molecule has 2 saturated heterocycles. The fourth-order valence-electron chi connectivity index (χ4n) is 4.41. The fourth-order valence-corrected chi connectivity index (χ4v) is 4.41. The van der Waals surface area contributed by atoms with E-state index in [0.29, 0.717) is 31.1 Å². The molecular weight excluding hydrogens is 356 g/mol. The Morgan fingerprint density at radius 2 is 2.07 bits per heavy atom. The van der Waals surface area contributed by atoms with Gasteiger partial charge >= 0.3 is 0 Å². The summed E-state index contributed by atoms with van der Waals surface area (Å²) >= 11 is 0. The third-order valence-electron chi connectivity index (χ3n) is 6.38. The van der Waals surface area contributed by atoms with Crippen LogP contribution in [0.2, 0.25) is 0 Å². The predicted molar refractivity (Wildman–Crippen MR) is 104 cm³/mol. The van der Waals surface area contributed by atoms with Gasteiger partial charge in [-0.15, -0.1) is 0 Å². The molecule has 1 aromatic carbocycles. The van der Waals surface area contributed by atoms with Gasteiger partial charge in [0, 0.05) is 37.7 Å². The quantitative estimate of drug-likeness (QED) is 0.672. The standard InChI is InChI=1S/C21H28N4O3/c1-21(2)7-8-22-11-17(21)23-10-13-3-4-14-12-25(20(28)15(14)9-13)16-5-6-18(26)24-19(16)27/h3-4,9,16-17,22-23H,5-8,10-12H2,1-2H3,(H,24,26,27). The van der Waals surface area contributed by atoms with Gasteiger partial charge in [-0.25, -0.2) is 0 Å². The van der Waals surface area contributed by atoms with Gasteiger partial charge in [0.1, 0.15) is 6.04 Å². The van der Waals surface area contributed by atoms with Crippen molar-refractivity contribution in [3.63, 3.8) is 0 Å². The van der Waals surface area contributed by atoms with Crippen molar-refractivity contribution < 1.29 is 14.4 Å². The topological polar surface area (TPSA) is 90.5 Å². The number of carbonyl (C=O) groups is 3. The second-order valence-electron chi connectivity index (χ2n) is 8.77. The van der Waals surface area contributed by atoms with E-state index in [0.717, 1.165) is 30.6 Å². The minimum Gasteiger partial charge on any atom is -0.322 e. The van der Waals surface area contributed by atoms with Crippen molar-refractivity contribution in [2.24, 2.45) is 5.41 Å². The summed E-state index contributed by atoms with van der Waals surface area (Å²) in [6.07, 6.45) is 1.80. The predicted octanol–water partition coefficient (Wildman–Crippen LogP) is 0.925. The molecule has 0 spiro atoms. The zero-order chi connectivity index (χ0) is 19.9. The van der Waals surface area contributed by atoms with Crippen LogP contribution in [0.5, 0.6) is 0 Å². The molecule has 7 heteroatoms. The smallest absolute Gasteiger partial charge is 0.255 e. The number of hydrogen-bond acceptors (Lipinski definition) is 5. The van der Waals surface area contributed by atoms with Gasteiger partial charge in [0.15, 0.2) is 0 Å². The molecule has 0 saturated carbocycles. The van der Waals surface area contributed by atoms with E-state index in [1.807, 2.05) is 12.1 Å². The number of amides is 3. The third kappa shape index (κ3) is 3.56. The Bertz CT molecular complexity index is 820. The van der Waals surface area contributed by atoms with Crippen molar-refractivity contribution in [2.75, 3.05) is 13.1 Å². The van der Waals surface area contributed by atoms with Crippen molar-refractivity contribution in [1.82, 2.24) is 20.9 Å². The van der Waals surface area contributed by atoms with E-state index in [2.05, 4.69) is 35.9 Å². The monoisotopic (exact) mass is 384 g/mol. The Morgan fingerprint density at radius 3 is 2.82 bits per heavy atom. The highest BCUT2D eigenvalue weighted by molar-refractivity contribution is 6.05. The number of nitrogens with zero attached hydrogens (tertiary/aromatic N) is 1. The maximum absolute atomic E-state index is 12.9. The Kier molecular flexibility index (Phi) is 4.97. The van der Waals surface area contributed by atoms with Crippen molar-refractivity contribution in [3.05, 3.63) is 34.9 Å². The molecule has 28 heavy (non-hydrogen) atoms. The maximum Gasteiger partial charge on any atom is 0.255 e. The normalized spacial score (nSPS) is 26.9. The molecule has 0 bridgehead atoms. The summed E-state index contributed by atoms with van der Waals surface area (Å²) in [6.45, 7) is 7.70. The van der Waals surface area contributed by atoms with Gasteiger partial charge in [0.25, 0.3) is 5.91 Å². The van der Waals surface area contributed by atoms with Crippen molar-refractivity contribution >= 4 is 17.7 Å². The van der Waals surface area contributed by atoms with Crippen LogP contribution >= 0.6 is 0 Å². The Balaban J connectivity index is 1.44. The van der Waals surface area contributed by atoms with Crippen molar-refractivity contribution in [1.29, 1.82) is 0 Å². The van der Waals surface area contributed by atoms with Crippen LogP contribution in [-0.2, 0) is 22.7 Å². The lowest BCUT2D eigenvalue weighted by molar-refractivity contribution is -0.136. The van der Waals surface area contributed by atoms with E-state index < -0.39 is 6.04 Å². The van der Waals surface area contributed by atoms with E-state index >= 15 is 0 Å². The molecule has 0 aliphatic carbocycles. The van der Waals surface area contributed by atoms with Gasteiger partial charge in [0.05, 0.1) is 0 Å². The Hall–Kier alpha value is -2.25. The third-order valence-corrected chi connectivity index (χ3v) is 6.38. The number of carbonyl (C=O) groups excluding carboxylic acids is 3. The van der Waals surface area contributed by atoms with Crippen LogP contribution in [0.15, 0.2) is 18.2 Å². The van der Waals surface area contributed by atoms with Gasteiger partial charge in [-0.1, -0.05) is 26.0 Å². The number of piperidine rings is 2. The van der Waals surface area contributed by atoms with Crippen molar-refractivity contribution in [2.45, 2.75) is 58.3 Å². The summed E-state index contributed by atoms with van der Waals surface area (Å²) < 4.78 is 0. The minimum absolute atomic E-state index is 0.119. The zero-order valence-electron chi connectivity index (χ0n) is 16.5. The lowest BCUT2D eigenvalue weighted by atomic mass is 9.79.